The molecule has 2 aromatic rings. The van der Waals surface area contributed by atoms with Crippen molar-refractivity contribution in [1.29, 1.82) is 0 Å². The quantitative estimate of drug-likeness (QED) is 0.878. The number of carbonyl (C=O) groups is 1. The fourth-order valence-corrected chi connectivity index (χ4v) is 1.58. The molecular formula is C13H15N3O3. The third kappa shape index (κ3) is 3.62. The largest absolute Gasteiger partial charge is 0.375 e. The molecule has 0 aliphatic carbocycles. The van der Waals surface area contributed by atoms with Gasteiger partial charge >= 0.3 is 0 Å². The predicted octanol–water partition coefficient (Wildman–Crippen LogP) is 1.31. The van der Waals surface area contributed by atoms with Crippen molar-refractivity contribution < 1.29 is 14.1 Å². The molecule has 0 radical (unpaired) electrons. The summed E-state index contributed by atoms with van der Waals surface area (Å²) in [5, 5.41) is 6.50. The topological polar surface area (TPSA) is 77.2 Å². The lowest BCUT2D eigenvalue weighted by Gasteiger charge is -1.99. The van der Waals surface area contributed by atoms with Gasteiger partial charge in [0.2, 0.25) is 17.6 Å². The number of rotatable bonds is 5. The third-order valence-electron chi connectivity index (χ3n) is 2.46. The molecular weight excluding hydrogens is 246 g/mol. The zero-order chi connectivity index (χ0) is 13.7. The van der Waals surface area contributed by atoms with Crippen LogP contribution in [-0.4, -0.2) is 29.8 Å². The van der Waals surface area contributed by atoms with Crippen LogP contribution in [-0.2, 0) is 16.1 Å². The first-order valence-corrected chi connectivity index (χ1v) is 5.84. The highest BCUT2D eigenvalue weighted by molar-refractivity contribution is 5.77. The normalized spacial score (nSPS) is 10.4. The fourth-order valence-electron chi connectivity index (χ4n) is 1.58. The summed E-state index contributed by atoms with van der Waals surface area (Å²) in [6, 6.07) is 7.81. The molecule has 0 saturated heterocycles. The Balaban J connectivity index is 2.01. The highest BCUT2D eigenvalue weighted by Gasteiger charge is 2.09. The fraction of sp³-hybridized carbons (Fsp3) is 0.308. The molecule has 0 aliphatic rings. The maximum Gasteiger partial charge on any atom is 0.246 e. The zero-order valence-corrected chi connectivity index (χ0v) is 10.8. The van der Waals surface area contributed by atoms with E-state index >= 15 is 0 Å². The Morgan fingerprint density at radius 3 is 3.05 bits per heavy atom. The molecule has 0 fully saturated rings. The van der Waals surface area contributed by atoms with Crippen LogP contribution in [0.1, 0.15) is 11.5 Å². The van der Waals surface area contributed by atoms with Crippen molar-refractivity contribution in [3.8, 4) is 11.4 Å². The second kappa shape index (κ2) is 6.10. The first-order valence-electron chi connectivity index (χ1n) is 5.84. The highest BCUT2D eigenvalue weighted by Crippen LogP contribution is 2.16. The standard InChI is InChI=1S/C13H15N3O3/c1-9-4-3-5-10(6-9)13-15-12(19-16-13)7-14-11(17)8-18-2/h3-6H,7-8H2,1-2H3,(H,14,17). The molecule has 1 N–H and O–H groups in total. The molecule has 0 unspecified atom stereocenters. The molecule has 6 heteroatoms. The van der Waals surface area contributed by atoms with Crippen molar-refractivity contribution in [3.63, 3.8) is 0 Å². The summed E-state index contributed by atoms with van der Waals surface area (Å²) in [5.74, 6) is 0.651. The molecule has 6 nitrogen and oxygen atoms in total. The Kier molecular flexibility index (Phi) is 4.25. The summed E-state index contributed by atoms with van der Waals surface area (Å²) in [6.07, 6.45) is 0. The van der Waals surface area contributed by atoms with Gasteiger partial charge in [-0.3, -0.25) is 4.79 Å². The third-order valence-corrected chi connectivity index (χ3v) is 2.46. The second-order valence-electron chi connectivity index (χ2n) is 4.09. The minimum atomic E-state index is -0.224. The smallest absolute Gasteiger partial charge is 0.246 e. The van der Waals surface area contributed by atoms with Crippen molar-refractivity contribution in [2.24, 2.45) is 0 Å². The summed E-state index contributed by atoms with van der Waals surface area (Å²) in [5.41, 5.74) is 2.01. The molecule has 1 heterocycles. The van der Waals surface area contributed by atoms with Gasteiger partial charge in [0.05, 0.1) is 6.54 Å². The number of hydrogen-bond donors (Lipinski definition) is 1. The number of benzene rings is 1. The number of aromatic nitrogens is 2. The van der Waals surface area contributed by atoms with E-state index in [9.17, 15) is 4.79 Å². The van der Waals surface area contributed by atoms with Gasteiger partial charge in [-0.15, -0.1) is 0 Å². The van der Waals surface area contributed by atoms with Crippen LogP contribution in [0.4, 0.5) is 0 Å². The van der Waals surface area contributed by atoms with E-state index in [1.807, 2.05) is 31.2 Å². The van der Waals surface area contributed by atoms with Crippen molar-refractivity contribution in [2.75, 3.05) is 13.7 Å². The van der Waals surface area contributed by atoms with Crippen LogP contribution in [0, 0.1) is 6.92 Å². The van der Waals surface area contributed by atoms with Crippen LogP contribution in [0.5, 0.6) is 0 Å². The molecule has 0 spiro atoms. The molecule has 0 saturated carbocycles. The van der Waals surface area contributed by atoms with E-state index in [1.54, 1.807) is 0 Å². The lowest BCUT2D eigenvalue weighted by molar-refractivity contribution is -0.125. The molecule has 0 aliphatic heterocycles. The van der Waals surface area contributed by atoms with Gasteiger partial charge in [-0.1, -0.05) is 28.9 Å². The zero-order valence-electron chi connectivity index (χ0n) is 10.8. The van der Waals surface area contributed by atoms with E-state index in [0.717, 1.165) is 11.1 Å². The maximum atomic E-state index is 11.2. The monoisotopic (exact) mass is 261 g/mol. The number of ether oxygens (including phenoxy) is 1. The summed E-state index contributed by atoms with van der Waals surface area (Å²) in [4.78, 5) is 15.4. The first kappa shape index (κ1) is 13.2. The minimum absolute atomic E-state index is 0.0128. The van der Waals surface area contributed by atoms with Crippen molar-refractivity contribution in [3.05, 3.63) is 35.7 Å². The maximum absolute atomic E-state index is 11.2. The Morgan fingerprint density at radius 1 is 1.47 bits per heavy atom. The number of amides is 1. The van der Waals surface area contributed by atoms with Crippen LogP contribution in [0.2, 0.25) is 0 Å². The van der Waals surface area contributed by atoms with Crippen LogP contribution in [0.15, 0.2) is 28.8 Å². The lowest BCUT2D eigenvalue weighted by atomic mass is 10.1. The van der Waals surface area contributed by atoms with Crippen LogP contribution in [0.3, 0.4) is 0 Å². The van der Waals surface area contributed by atoms with Crippen LogP contribution >= 0.6 is 0 Å². The molecule has 0 bridgehead atoms. The number of carbonyl (C=O) groups excluding carboxylic acids is 1. The van der Waals surface area contributed by atoms with E-state index in [2.05, 4.69) is 15.5 Å². The molecule has 2 rings (SSSR count). The number of methoxy groups -OCH3 is 1. The lowest BCUT2D eigenvalue weighted by Crippen LogP contribution is -2.26. The number of nitrogens with one attached hydrogen (secondary N) is 1. The van der Waals surface area contributed by atoms with Crippen molar-refractivity contribution in [1.82, 2.24) is 15.5 Å². The predicted molar refractivity (Wildman–Crippen MR) is 68.2 cm³/mol. The van der Waals surface area contributed by atoms with Crippen molar-refractivity contribution in [2.45, 2.75) is 13.5 Å². The van der Waals surface area contributed by atoms with Gasteiger partial charge in [0.15, 0.2) is 0 Å². The van der Waals surface area contributed by atoms with E-state index in [0.29, 0.717) is 11.7 Å². The SMILES string of the molecule is COCC(=O)NCc1nc(-c2cccc(C)c2)no1. The molecule has 1 amide bonds. The number of aryl methyl sites for hydroxylation is 1. The Morgan fingerprint density at radius 2 is 2.32 bits per heavy atom. The van der Waals surface area contributed by atoms with E-state index in [1.165, 1.54) is 7.11 Å². The van der Waals surface area contributed by atoms with Crippen LogP contribution < -0.4 is 5.32 Å². The molecule has 19 heavy (non-hydrogen) atoms. The Hall–Kier alpha value is -2.21. The summed E-state index contributed by atoms with van der Waals surface area (Å²) < 4.78 is 9.77. The number of hydrogen-bond acceptors (Lipinski definition) is 5. The van der Waals surface area contributed by atoms with E-state index in [-0.39, 0.29) is 19.1 Å². The highest BCUT2D eigenvalue weighted by atomic mass is 16.5. The summed E-state index contributed by atoms with van der Waals surface area (Å²) >= 11 is 0. The molecule has 0 atom stereocenters. The Labute approximate surface area is 110 Å². The summed E-state index contributed by atoms with van der Waals surface area (Å²) in [7, 11) is 1.46. The van der Waals surface area contributed by atoms with Gasteiger partial charge in [0, 0.05) is 12.7 Å². The molecule has 1 aromatic heterocycles. The second-order valence-corrected chi connectivity index (χ2v) is 4.09. The first-order chi connectivity index (χ1) is 9.19. The average Bonchev–Trinajstić information content (AvgIpc) is 2.85. The summed E-state index contributed by atoms with van der Waals surface area (Å²) in [6.45, 7) is 2.20. The van der Waals surface area contributed by atoms with Gasteiger partial charge in [-0.25, -0.2) is 0 Å². The van der Waals surface area contributed by atoms with Gasteiger partial charge in [-0.2, -0.15) is 4.98 Å². The van der Waals surface area contributed by atoms with Gasteiger partial charge < -0.3 is 14.6 Å². The average molecular weight is 261 g/mol. The molecule has 1 aromatic carbocycles. The van der Waals surface area contributed by atoms with E-state index in [4.69, 9.17) is 9.26 Å². The van der Waals surface area contributed by atoms with Crippen molar-refractivity contribution >= 4 is 5.91 Å². The minimum Gasteiger partial charge on any atom is -0.375 e. The van der Waals surface area contributed by atoms with Gasteiger partial charge in [-0.05, 0) is 13.0 Å². The van der Waals surface area contributed by atoms with Crippen LogP contribution in [0.25, 0.3) is 11.4 Å². The van der Waals surface area contributed by atoms with Gasteiger partial charge in [0.25, 0.3) is 0 Å². The Bertz CT molecular complexity index is 566. The van der Waals surface area contributed by atoms with E-state index < -0.39 is 0 Å². The molecule has 100 valence electrons. The van der Waals surface area contributed by atoms with Gasteiger partial charge in [0.1, 0.15) is 6.61 Å². The number of nitrogens with zero attached hydrogens (tertiary/aromatic N) is 2.